The van der Waals surface area contributed by atoms with Gasteiger partial charge in [-0.2, -0.15) is 0 Å². The first-order valence-electron chi connectivity index (χ1n) is 12.2. The zero-order valence-electron chi connectivity index (χ0n) is 20.0. The Balaban J connectivity index is 1.23. The second-order valence-electron chi connectivity index (χ2n) is 11.3. The van der Waals surface area contributed by atoms with E-state index < -0.39 is 11.7 Å². The van der Waals surface area contributed by atoms with Crippen molar-refractivity contribution in [2.24, 2.45) is 23.2 Å². The van der Waals surface area contributed by atoms with E-state index in [1.807, 2.05) is 24.3 Å². The standard InChI is InChI=1S/C26H37N3O4/c1-25(2,3)33-24(32)27-8-7-22(30)28-16-17-5-4-6-21(12-17)29-23(31)26-13-18-9-19(14-26)11-20(10-18)15-26/h4-6,12,18-20H,7-11,13-16H2,1-3H3,(H,27,32)(H,28,30)(H,29,31). The van der Waals surface area contributed by atoms with Gasteiger partial charge in [0, 0.05) is 25.2 Å². The van der Waals surface area contributed by atoms with Crippen LogP contribution in [-0.2, 0) is 20.9 Å². The fraction of sp³-hybridized carbons (Fsp3) is 0.654. The molecule has 0 radical (unpaired) electrons. The third kappa shape index (κ3) is 6.06. The molecule has 3 N–H and O–H groups in total. The van der Waals surface area contributed by atoms with Gasteiger partial charge in [-0.25, -0.2) is 4.79 Å². The van der Waals surface area contributed by atoms with Crippen molar-refractivity contribution in [1.29, 1.82) is 0 Å². The molecular weight excluding hydrogens is 418 g/mol. The number of anilines is 1. The van der Waals surface area contributed by atoms with E-state index in [0.29, 0.717) is 6.54 Å². The van der Waals surface area contributed by atoms with Crippen molar-refractivity contribution < 1.29 is 19.1 Å². The van der Waals surface area contributed by atoms with E-state index in [9.17, 15) is 14.4 Å². The fourth-order valence-corrected chi connectivity index (χ4v) is 6.29. The maximum atomic E-state index is 13.3. The molecule has 4 aliphatic rings. The average Bonchev–Trinajstić information content (AvgIpc) is 2.70. The number of amides is 3. The average molecular weight is 456 g/mol. The molecule has 7 heteroatoms. The molecule has 0 saturated heterocycles. The number of carbonyl (C=O) groups excluding carboxylic acids is 3. The van der Waals surface area contributed by atoms with Gasteiger partial charge in [0.2, 0.25) is 11.8 Å². The Labute approximate surface area is 196 Å². The van der Waals surface area contributed by atoms with Gasteiger partial charge in [-0.05, 0) is 94.7 Å². The summed E-state index contributed by atoms with van der Waals surface area (Å²) in [7, 11) is 0. The van der Waals surface area contributed by atoms with Gasteiger partial charge in [-0.3, -0.25) is 9.59 Å². The molecule has 5 rings (SSSR count). The number of carbonyl (C=O) groups is 3. The van der Waals surface area contributed by atoms with E-state index in [-0.39, 0.29) is 30.2 Å². The van der Waals surface area contributed by atoms with Crippen LogP contribution >= 0.6 is 0 Å². The van der Waals surface area contributed by atoms with Crippen LogP contribution < -0.4 is 16.0 Å². The van der Waals surface area contributed by atoms with Crippen molar-refractivity contribution in [3.05, 3.63) is 29.8 Å². The molecule has 3 amide bonds. The number of hydrogen-bond acceptors (Lipinski definition) is 4. The van der Waals surface area contributed by atoms with Crippen molar-refractivity contribution in [1.82, 2.24) is 10.6 Å². The Kier molecular flexibility index (Phi) is 6.68. The van der Waals surface area contributed by atoms with Crippen LogP contribution in [0.1, 0.15) is 71.3 Å². The Morgan fingerprint density at radius 2 is 1.64 bits per heavy atom. The molecular formula is C26H37N3O4. The molecule has 4 bridgehead atoms. The predicted molar refractivity (Wildman–Crippen MR) is 126 cm³/mol. The lowest BCUT2D eigenvalue weighted by Gasteiger charge is -2.55. The first-order valence-corrected chi connectivity index (χ1v) is 12.2. The summed E-state index contributed by atoms with van der Waals surface area (Å²) in [5.74, 6) is 2.21. The topological polar surface area (TPSA) is 96.5 Å². The highest BCUT2D eigenvalue weighted by Crippen LogP contribution is 2.60. The van der Waals surface area contributed by atoms with Crippen molar-refractivity contribution in [3.8, 4) is 0 Å². The lowest BCUT2D eigenvalue weighted by Crippen LogP contribution is -2.51. The third-order valence-electron chi connectivity index (χ3n) is 7.21. The second kappa shape index (κ2) is 9.35. The van der Waals surface area contributed by atoms with Gasteiger partial charge in [0.25, 0.3) is 0 Å². The summed E-state index contributed by atoms with van der Waals surface area (Å²) in [5.41, 5.74) is 0.962. The fourth-order valence-electron chi connectivity index (χ4n) is 6.29. The highest BCUT2D eigenvalue weighted by atomic mass is 16.6. The van der Waals surface area contributed by atoms with E-state index in [4.69, 9.17) is 4.74 Å². The number of ether oxygens (including phenoxy) is 1. The van der Waals surface area contributed by atoms with Gasteiger partial charge in [-0.15, -0.1) is 0 Å². The molecule has 180 valence electrons. The SMILES string of the molecule is CC(C)(C)OC(=O)NCCC(=O)NCc1cccc(NC(=O)C23CC4CC(CC(C4)C2)C3)c1. The molecule has 0 atom stereocenters. The van der Waals surface area contributed by atoms with E-state index in [0.717, 1.165) is 48.3 Å². The summed E-state index contributed by atoms with van der Waals surface area (Å²) < 4.78 is 5.15. The predicted octanol–water partition coefficient (Wildman–Crippen LogP) is 4.37. The smallest absolute Gasteiger partial charge is 0.407 e. The summed E-state index contributed by atoms with van der Waals surface area (Å²) in [6.07, 6.45) is 6.70. The van der Waals surface area contributed by atoms with E-state index >= 15 is 0 Å². The molecule has 1 aromatic rings. The van der Waals surface area contributed by atoms with Crippen LogP contribution in [0.2, 0.25) is 0 Å². The lowest BCUT2D eigenvalue weighted by molar-refractivity contribution is -0.140. The number of benzene rings is 1. The van der Waals surface area contributed by atoms with Gasteiger partial charge in [0.05, 0.1) is 5.41 Å². The lowest BCUT2D eigenvalue weighted by atomic mass is 9.49. The molecule has 4 saturated carbocycles. The van der Waals surface area contributed by atoms with Crippen molar-refractivity contribution >= 4 is 23.6 Å². The maximum absolute atomic E-state index is 13.3. The van der Waals surface area contributed by atoms with E-state index in [1.54, 1.807) is 20.8 Å². The minimum atomic E-state index is -0.567. The quantitative estimate of drug-likeness (QED) is 0.569. The normalized spacial score (nSPS) is 27.7. The molecule has 33 heavy (non-hydrogen) atoms. The highest BCUT2D eigenvalue weighted by Gasteiger charge is 2.54. The van der Waals surface area contributed by atoms with Gasteiger partial charge in [0.1, 0.15) is 5.60 Å². The zero-order valence-corrected chi connectivity index (χ0v) is 20.0. The molecule has 1 aromatic carbocycles. The number of nitrogens with one attached hydrogen (secondary N) is 3. The summed E-state index contributed by atoms with van der Waals surface area (Å²) in [6.45, 7) is 5.95. The van der Waals surface area contributed by atoms with Crippen LogP contribution in [-0.4, -0.2) is 30.1 Å². The molecule has 0 heterocycles. The van der Waals surface area contributed by atoms with Crippen molar-refractivity contribution in [2.45, 2.75) is 77.9 Å². The third-order valence-corrected chi connectivity index (χ3v) is 7.21. The van der Waals surface area contributed by atoms with Crippen molar-refractivity contribution in [2.75, 3.05) is 11.9 Å². The van der Waals surface area contributed by atoms with Crippen molar-refractivity contribution in [3.63, 3.8) is 0 Å². The highest BCUT2D eigenvalue weighted by molar-refractivity contribution is 5.95. The van der Waals surface area contributed by atoms with Gasteiger partial charge in [0.15, 0.2) is 0 Å². The van der Waals surface area contributed by atoms with Crippen LogP contribution in [0.3, 0.4) is 0 Å². The van der Waals surface area contributed by atoms with Crippen LogP contribution in [0.15, 0.2) is 24.3 Å². The maximum Gasteiger partial charge on any atom is 0.407 e. The summed E-state index contributed by atoms with van der Waals surface area (Å²) in [4.78, 5) is 37.1. The van der Waals surface area contributed by atoms with E-state index in [2.05, 4.69) is 16.0 Å². The summed E-state index contributed by atoms with van der Waals surface area (Å²) in [5, 5.41) is 8.63. The Hall–Kier alpha value is -2.57. The first-order chi connectivity index (χ1) is 15.6. The largest absolute Gasteiger partial charge is 0.444 e. The molecule has 0 aromatic heterocycles. The molecule has 0 aliphatic heterocycles. The number of hydrogen-bond donors (Lipinski definition) is 3. The second-order valence-corrected chi connectivity index (χ2v) is 11.3. The van der Waals surface area contributed by atoms with Crippen LogP contribution in [0, 0.1) is 23.2 Å². The van der Waals surface area contributed by atoms with E-state index in [1.165, 1.54) is 19.3 Å². The van der Waals surface area contributed by atoms with Gasteiger partial charge in [-0.1, -0.05) is 12.1 Å². The Morgan fingerprint density at radius 3 is 2.24 bits per heavy atom. The Bertz CT molecular complexity index is 870. The zero-order chi connectivity index (χ0) is 23.6. The first kappa shape index (κ1) is 23.6. The van der Waals surface area contributed by atoms with Gasteiger partial charge >= 0.3 is 6.09 Å². The molecule has 7 nitrogen and oxygen atoms in total. The Morgan fingerprint density at radius 1 is 1.00 bits per heavy atom. The van der Waals surface area contributed by atoms with Gasteiger partial charge < -0.3 is 20.7 Å². The minimum absolute atomic E-state index is 0.158. The van der Waals surface area contributed by atoms with Crippen LogP contribution in [0.4, 0.5) is 10.5 Å². The molecule has 0 unspecified atom stereocenters. The number of rotatable bonds is 7. The molecule has 0 spiro atoms. The van der Waals surface area contributed by atoms with Crippen LogP contribution in [0.25, 0.3) is 0 Å². The molecule has 4 fully saturated rings. The summed E-state index contributed by atoms with van der Waals surface area (Å²) in [6, 6.07) is 7.67. The number of alkyl carbamates (subject to hydrolysis) is 1. The van der Waals surface area contributed by atoms with Crippen LogP contribution in [0.5, 0.6) is 0 Å². The summed E-state index contributed by atoms with van der Waals surface area (Å²) >= 11 is 0. The molecule has 4 aliphatic carbocycles. The minimum Gasteiger partial charge on any atom is -0.444 e. The monoisotopic (exact) mass is 455 g/mol.